The average molecular weight is 412 g/mol. The Kier molecular flexibility index (Phi) is 5.25. The monoisotopic (exact) mass is 411 g/mol. The van der Waals surface area contributed by atoms with Crippen LogP contribution < -0.4 is 21.9 Å². The van der Waals surface area contributed by atoms with Gasteiger partial charge in [0.2, 0.25) is 0 Å². The van der Waals surface area contributed by atoms with E-state index in [9.17, 15) is 9.59 Å². The molecule has 0 saturated heterocycles. The van der Waals surface area contributed by atoms with Crippen LogP contribution >= 0.6 is 11.6 Å². The topological polar surface area (TPSA) is 102 Å². The van der Waals surface area contributed by atoms with Crippen molar-refractivity contribution in [2.75, 3.05) is 5.32 Å². The Labute approximate surface area is 172 Å². The lowest BCUT2D eigenvalue weighted by Crippen LogP contribution is -2.41. The molecule has 0 radical (unpaired) electrons. The summed E-state index contributed by atoms with van der Waals surface area (Å²) in [7, 11) is 0. The van der Waals surface area contributed by atoms with Crippen LogP contribution in [0.2, 0.25) is 5.02 Å². The van der Waals surface area contributed by atoms with Crippen molar-refractivity contribution in [2.24, 2.45) is 5.73 Å². The third-order valence-electron chi connectivity index (χ3n) is 5.08. The highest BCUT2D eigenvalue weighted by Gasteiger charge is 2.20. The Morgan fingerprint density at radius 1 is 1.28 bits per heavy atom. The number of nitrogens with one attached hydrogen (secondary N) is 2. The van der Waals surface area contributed by atoms with Gasteiger partial charge >= 0.3 is 6.03 Å². The number of hydrogen-bond donors (Lipinski definition) is 3. The number of nitrogens with zero attached hydrogens (tertiary/aromatic N) is 2. The summed E-state index contributed by atoms with van der Waals surface area (Å²) in [6.45, 7) is 1.77. The number of nitrogens with two attached hydrogens (primary N) is 1. The lowest BCUT2D eigenvalue weighted by Gasteiger charge is -2.26. The molecule has 7 nitrogen and oxygen atoms in total. The molecule has 1 unspecified atom stereocenters. The highest BCUT2D eigenvalue weighted by atomic mass is 35.5. The minimum atomic E-state index is -0.482. The molecular formula is C21H22ClN5O2. The van der Waals surface area contributed by atoms with Crippen LogP contribution in [0.1, 0.15) is 38.1 Å². The van der Waals surface area contributed by atoms with Crippen molar-refractivity contribution in [2.45, 2.75) is 38.3 Å². The van der Waals surface area contributed by atoms with Gasteiger partial charge in [0.1, 0.15) is 5.82 Å². The lowest BCUT2D eigenvalue weighted by atomic mass is 9.93. The van der Waals surface area contributed by atoms with Gasteiger partial charge in [-0.2, -0.15) is 0 Å². The molecule has 3 aromatic rings. The number of rotatable bonds is 4. The summed E-state index contributed by atoms with van der Waals surface area (Å²) in [5.74, 6) is 0.417. The molecular weight excluding hydrogens is 390 g/mol. The third kappa shape index (κ3) is 3.83. The van der Waals surface area contributed by atoms with E-state index in [0.29, 0.717) is 33.1 Å². The van der Waals surface area contributed by atoms with E-state index in [1.165, 1.54) is 4.57 Å². The zero-order valence-corrected chi connectivity index (χ0v) is 16.7. The van der Waals surface area contributed by atoms with Gasteiger partial charge in [0, 0.05) is 11.7 Å². The molecule has 2 aromatic carbocycles. The molecule has 1 atom stereocenters. The molecule has 8 heteroatoms. The number of urea groups is 1. The summed E-state index contributed by atoms with van der Waals surface area (Å²) in [5.41, 5.74) is 7.43. The fourth-order valence-corrected chi connectivity index (χ4v) is 3.64. The van der Waals surface area contributed by atoms with Crippen molar-refractivity contribution in [1.29, 1.82) is 0 Å². The van der Waals surface area contributed by atoms with Gasteiger partial charge in [-0.1, -0.05) is 23.7 Å². The van der Waals surface area contributed by atoms with E-state index >= 15 is 0 Å². The molecule has 1 fully saturated rings. The number of halogens is 1. The maximum atomic E-state index is 13.3. The number of carbonyl (C=O) groups is 1. The molecule has 1 aliphatic carbocycles. The van der Waals surface area contributed by atoms with Crippen LogP contribution in [0.4, 0.5) is 10.5 Å². The Morgan fingerprint density at radius 3 is 2.72 bits per heavy atom. The minimum absolute atomic E-state index is 0.234. The first-order valence-electron chi connectivity index (χ1n) is 9.59. The summed E-state index contributed by atoms with van der Waals surface area (Å²) in [6, 6.07) is 11.7. The molecule has 1 aliphatic rings. The SMILES string of the molecule is CC(N)c1nc2cccc(Cl)c2c(=O)n1-c1cccc(NC(=O)NC2CCC2)c1. The summed E-state index contributed by atoms with van der Waals surface area (Å²) in [4.78, 5) is 30.0. The van der Waals surface area contributed by atoms with Gasteiger partial charge in [0.15, 0.2) is 0 Å². The average Bonchev–Trinajstić information content (AvgIpc) is 2.64. The van der Waals surface area contributed by atoms with Crippen molar-refractivity contribution < 1.29 is 4.79 Å². The molecule has 0 spiro atoms. The number of benzene rings is 2. The van der Waals surface area contributed by atoms with Crippen LogP contribution in [0.15, 0.2) is 47.3 Å². The highest BCUT2D eigenvalue weighted by Crippen LogP contribution is 2.23. The molecule has 1 aromatic heterocycles. The summed E-state index contributed by atoms with van der Waals surface area (Å²) in [6.07, 6.45) is 3.15. The fraction of sp³-hybridized carbons (Fsp3) is 0.286. The summed E-state index contributed by atoms with van der Waals surface area (Å²) in [5, 5.41) is 6.42. The van der Waals surface area contributed by atoms with Crippen LogP contribution in [0.3, 0.4) is 0 Å². The van der Waals surface area contributed by atoms with E-state index in [0.717, 1.165) is 19.3 Å². The van der Waals surface area contributed by atoms with Crippen LogP contribution in [-0.4, -0.2) is 21.6 Å². The van der Waals surface area contributed by atoms with Crippen LogP contribution in [-0.2, 0) is 0 Å². The molecule has 4 rings (SSSR count). The van der Waals surface area contributed by atoms with E-state index in [1.54, 1.807) is 49.4 Å². The second-order valence-corrected chi connectivity index (χ2v) is 7.72. The van der Waals surface area contributed by atoms with Gasteiger partial charge < -0.3 is 16.4 Å². The standard InChI is InChI=1S/C21H22ClN5O2/c1-12(23)19-26-17-10-4-9-16(22)18(17)20(28)27(19)15-8-3-7-14(11-15)25-21(29)24-13-5-2-6-13/h3-4,7-13H,2,5-6,23H2,1H3,(H2,24,25,29). The van der Waals surface area contributed by atoms with Gasteiger partial charge in [0.25, 0.3) is 5.56 Å². The largest absolute Gasteiger partial charge is 0.335 e. The Morgan fingerprint density at radius 2 is 2.03 bits per heavy atom. The van der Waals surface area contributed by atoms with E-state index in [-0.39, 0.29) is 17.6 Å². The van der Waals surface area contributed by atoms with Gasteiger partial charge in [-0.25, -0.2) is 9.78 Å². The number of fused-ring (bicyclic) bond motifs is 1. The first-order chi connectivity index (χ1) is 13.9. The molecule has 1 saturated carbocycles. The molecule has 0 bridgehead atoms. The number of anilines is 1. The fourth-order valence-electron chi connectivity index (χ4n) is 3.39. The smallest absolute Gasteiger partial charge is 0.319 e. The van der Waals surface area contributed by atoms with Crippen molar-refractivity contribution in [3.05, 3.63) is 63.7 Å². The molecule has 2 amide bonds. The third-order valence-corrected chi connectivity index (χ3v) is 5.40. The van der Waals surface area contributed by atoms with Crippen LogP contribution in [0.5, 0.6) is 0 Å². The van der Waals surface area contributed by atoms with E-state index in [4.69, 9.17) is 17.3 Å². The van der Waals surface area contributed by atoms with E-state index in [1.807, 2.05) is 0 Å². The molecule has 1 heterocycles. The van der Waals surface area contributed by atoms with Crippen molar-refractivity contribution in [1.82, 2.24) is 14.9 Å². The zero-order valence-electron chi connectivity index (χ0n) is 16.0. The molecule has 4 N–H and O–H groups in total. The number of carbonyl (C=O) groups excluding carboxylic acids is 1. The number of amides is 2. The summed E-state index contributed by atoms with van der Waals surface area (Å²) < 4.78 is 1.45. The second kappa shape index (κ2) is 7.85. The van der Waals surface area contributed by atoms with Gasteiger partial charge in [-0.15, -0.1) is 0 Å². The summed E-state index contributed by atoms with van der Waals surface area (Å²) >= 11 is 6.27. The van der Waals surface area contributed by atoms with Gasteiger partial charge in [-0.05, 0) is 56.5 Å². The normalized spacial score (nSPS) is 15.0. The highest BCUT2D eigenvalue weighted by molar-refractivity contribution is 6.35. The molecule has 150 valence electrons. The second-order valence-electron chi connectivity index (χ2n) is 7.31. The predicted octanol–water partition coefficient (Wildman–Crippen LogP) is 3.73. The predicted molar refractivity (Wildman–Crippen MR) is 115 cm³/mol. The van der Waals surface area contributed by atoms with Crippen molar-refractivity contribution >= 4 is 34.2 Å². The lowest BCUT2D eigenvalue weighted by molar-refractivity contribution is 0.240. The van der Waals surface area contributed by atoms with Crippen LogP contribution in [0, 0.1) is 0 Å². The first kappa shape index (κ1) is 19.4. The Balaban J connectivity index is 1.76. The Hall–Kier alpha value is -2.90. The van der Waals surface area contributed by atoms with Crippen molar-refractivity contribution in [3.63, 3.8) is 0 Å². The number of hydrogen-bond acceptors (Lipinski definition) is 4. The van der Waals surface area contributed by atoms with Crippen molar-refractivity contribution in [3.8, 4) is 5.69 Å². The quantitative estimate of drug-likeness (QED) is 0.608. The first-order valence-corrected chi connectivity index (χ1v) is 9.96. The maximum Gasteiger partial charge on any atom is 0.319 e. The zero-order chi connectivity index (χ0) is 20.5. The Bertz CT molecular complexity index is 1140. The van der Waals surface area contributed by atoms with E-state index < -0.39 is 6.04 Å². The molecule has 29 heavy (non-hydrogen) atoms. The minimum Gasteiger partial charge on any atom is -0.335 e. The molecule has 0 aliphatic heterocycles. The van der Waals surface area contributed by atoms with Crippen LogP contribution in [0.25, 0.3) is 16.6 Å². The van der Waals surface area contributed by atoms with E-state index in [2.05, 4.69) is 15.6 Å². The van der Waals surface area contributed by atoms with Gasteiger partial charge in [0.05, 0.1) is 27.7 Å². The van der Waals surface area contributed by atoms with Gasteiger partial charge in [-0.3, -0.25) is 9.36 Å². The number of aromatic nitrogens is 2. The maximum absolute atomic E-state index is 13.3.